The highest BCUT2D eigenvalue weighted by Gasteiger charge is 1.94. The largest absolute Gasteiger partial charge is 0.481 e. The van der Waals surface area contributed by atoms with Crippen molar-refractivity contribution < 1.29 is 9.90 Å². The number of benzene rings is 1. The number of aryl methyl sites for hydroxylation is 1. The fourth-order valence-electron chi connectivity index (χ4n) is 0.892. The lowest BCUT2D eigenvalue weighted by Gasteiger charge is -1.96. The van der Waals surface area contributed by atoms with Crippen LogP contribution in [-0.4, -0.2) is 11.1 Å². The van der Waals surface area contributed by atoms with Crippen molar-refractivity contribution in [2.75, 3.05) is 0 Å². The molecule has 0 spiro atoms. The number of carboxylic acids is 1. The van der Waals surface area contributed by atoms with Crippen molar-refractivity contribution in [2.24, 2.45) is 0 Å². The fraction of sp³-hybridized carbons (Fsp3) is 0.182. The Balaban J connectivity index is 2.81. The average molecular weight is 253 g/mol. The van der Waals surface area contributed by atoms with Crippen LogP contribution in [0.15, 0.2) is 22.7 Å². The van der Waals surface area contributed by atoms with Gasteiger partial charge in [0.15, 0.2) is 0 Å². The highest BCUT2D eigenvalue weighted by atomic mass is 79.9. The van der Waals surface area contributed by atoms with Crippen LogP contribution in [0.4, 0.5) is 0 Å². The SMILES string of the molecule is Cc1ccc(C#CCC(=O)O)cc1Br. The molecule has 0 aliphatic carbocycles. The second kappa shape index (κ2) is 4.83. The van der Waals surface area contributed by atoms with Crippen LogP contribution in [-0.2, 0) is 4.79 Å². The van der Waals surface area contributed by atoms with Crippen LogP contribution in [0.5, 0.6) is 0 Å². The van der Waals surface area contributed by atoms with Crippen molar-refractivity contribution in [3.8, 4) is 11.8 Å². The van der Waals surface area contributed by atoms with Gasteiger partial charge in [-0.15, -0.1) is 0 Å². The number of carbonyl (C=O) groups is 1. The van der Waals surface area contributed by atoms with E-state index >= 15 is 0 Å². The third-order valence-corrected chi connectivity index (χ3v) is 2.50. The van der Waals surface area contributed by atoms with Crippen molar-refractivity contribution in [3.05, 3.63) is 33.8 Å². The maximum Gasteiger partial charge on any atom is 0.315 e. The van der Waals surface area contributed by atoms with E-state index in [0.29, 0.717) is 0 Å². The molecule has 0 fully saturated rings. The molecule has 1 N–H and O–H groups in total. The van der Waals surface area contributed by atoms with E-state index in [0.717, 1.165) is 15.6 Å². The van der Waals surface area contributed by atoms with Gasteiger partial charge in [0.25, 0.3) is 0 Å². The summed E-state index contributed by atoms with van der Waals surface area (Å²) in [6, 6.07) is 5.69. The van der Waals surface area contributed by atoms with Gasteiger partial charge in [-0.3, -0.25) is 4.79 Å². The number of hydrogen-bond acceptors (Lipinski definition) is 1. The fourth-order valence-corrected chi connectivity index (χ4v) is 1.27. The zero-order chi connectivity index (χ0) is 10.6. The Bertz CT molecular complexity index is 413. The maximum atomic E-state index is 10.2. The predicted molar refractivity (Wildman–Crippen MR) is 58.0 cm³/mol. The first-order chi connectivity index (χ1) is 6.59. The lowest BCUT2D eigenvalue weighted by atomic mass is 10.1. The molecule has 0 bridgehead atoms. The monoisotopic (exact) mass is 252 g/mol. The van der Waals surface area contributed by atoms with Crippen molar-refractivity contribution in [3.63, 3.8) is 0 Å². The second-order valence-electron chi connectivity index (χ2n) is 2.84. The number of halogens is 1. The molecule has 0 aliphatic rings. The molecule has 0 saturated heterocycles. The zero-order valence-corrected chi connectivity index (χ0v) is 9.26. The van der Waals surface area contributed by atoms with Crippen LogP contribution in [0.25, 0.3) is 0 Å². The summed E-state index contributed by atoms with van der Waals surface area (Å²) in [6.45, 7) is 1.98. The molecule has 72 valence electrons. The number of hydrogen-bond donors (Lipinski definition) is 1. The minimum absolute atomic E-state index is 0.120. The highest BCUT2D eigenvalue weighted by Crippen LogP contribution is 2.16. The molecule has 3 heteroatoms. The van der Waals surface area contributed by atoms with Gasteiger partial charge in [0.2, 0.25) is 0 Å². The highest BCUT2D eigenvalue weighted by molar-refractivity contribution is 9.10. The minimum Gasteiger partial charge on any atom is -0.481 e. The van der Waals surface area contributed by atoms with Gasteiger partial charge in [0.05, 0.1) is 0 Å². The average Bonchev–Trinajstić information content (AvgIpc) is 2.10. The van der Waals surface area contributed by atoms with E-state index in [1.807, 2.05) is 25.1 Å². The molecule has 0 atom stereocenters. The smallest absolute Gasteiger partial charge is 0.315 e. The molecule has 0 amide bonds. The summed E-state index contributed by atoms with van der Waals surface area (Å²) in [7, 11) is 0. The summed E-state index contributed by atoms with van der Waals surface area (Å²) in [5.74, 6) is 4.46. The quantitative estimate of drug-likeness (QED) is 0.781. The van der Waals surface area contributed by atoms with Crippen LogP contribution in [0.1, 0.15) is 17.5 Å². The molecular weight excluding hydrogens is 244 g/mol. The van der Waals surface area contributed by atoms with Crippen molar-refractivity contribution in [1.29, 1.82) is 0 Å². The zero-order valence-electron chi connectivity index (χ0n) is 7.67. The molecule has 0 unspecified atom stereocenters. The van der Waals surface area contributed by atoms with E-state index in [-0.39, 0.29) is 6.42 Å². The third kappa shape index (κ3) is 3.23. The Morgan fingerprint density at radius 1 is 1.57 bits per heavy atom. The first-order valence-corrected chi connectivity index (χ1v) is 4.85. The van der Waals surface area contributed by atoms with E-state index in [2.05, 4.69) is 27.8 Å². The Hall–Kier alpha value is -1.27. The molecule has 1 rings (SSSR count). The Morgan fingerprint density at radius 2 is 2.29 bits per heavy atom. The topological polar surface area (TPSA) is 37.3 Å². The van der Waals surface area contributed by atoms with E-state index in [1.165, 1.54) is 0 Å². The molecule has 1 aromatic carbocycles. The molecule has 0 aliphatic heterocycles. The van der Waals surface area contributed by atoms with E-state index < -0.39 is 5.97 Å². The van der Waals surface area contributed by atoms with Gasteiger partial charge in [0.1, 0.15) is 6.42 Å². The normalized spacial score (nSPS) is 9.00. The number of carboxylic acid groups (broad SMARTS) is 1. The Labute approximate surface area is 91.1 Å². The molecule has 0 aromatic heterocycles. The summed E-state index contributed by atoms with van der Waals surface area (Å²) in [6.07, 6.45) is -0.120. The van der Waals surface area contributed by atoms with E-state index in [1.54, 1.807) is 0 Å². The Morgan fingerprint density at radius 3 is 2.86 bits per heavy atom. The second-order valence-corrected chi connectivity index (χ2v) is 3.69. The summed E-state index contributed by atoms with van der Waals surface area (Å²) < 4.78 is 0.986. The maximum absolute atomic E-state index is 10.2. The summed E-state index contributed by atoms with van der Waals surface area (Å²) in [5.41, 5.74) is 1.96. The van der Waals surface area contributed by atoms with Crippen LogP contribution >= 0.6 is 15.9 Å². The first kappa shape index (κ1) is 10.8. The molecular formula is C11H9BrO2. The van der Waals surface area contributed by atoms with Gasteiger partial charge in [0, 0.05) is 10.0 Å². The molecule has 14 heavy (non-hydrogen) atoms. The van der Waals surface area contributed by atoms with E-state index in [4.69, 9.17) is 5.11 Å². The molecule has 2 nitrogen and oxygen atoms in total. The van der Waals surface area contributed by atoms with E-state index in [9.17, 15) is 4.79 Å². The molecule has 0 heterocycles. The summed E-state index contributed by atoms with van der Waals surface area (Å²) in [5, 5.41) is 8.38. The number of rotatable bonds is 1. The lowest BCUT2D eigenvalue weighted by molar-refractivity contribution is -0.135. The predicted octanol–water partition coefficient (Wildman–Crippen LogP) is 2.58. The molecule has 0 radical (unpaired) electrons. The van der Waals surface area contributed by atoms with Gasteiger partial charge >= 0.3 is 5.97 Å². The van der Waals surface area contributed by atoms with Crippen LogP contribution in [0, 0.1) is 18.8 Å². The number of aliphatic carboxylic acids is 1. The first-order valence-electron chi connectivity index (χ1n) is 4.06. The van der Waals surface area contributed by atoms with Crippen molar-refractivity contribution in [2.45, 2.75) is 13.3 Å². The van der Waals surface area contributed by atoms with Crippen LogP contribution in [0.2, 0.25) is 0 Å². The van der Waals surface area contributed by atoms with Crippen LogP contribution < -0.4 is 0 Å². The van der Waals surface area contributed by atoms with Gasteiger partial charge in [-0.25, -0.2) is 0 Å². The van der Waals surface area contributed by atoms with Crippen LogP contribution in [0.3, 0.4) is 0 Å². The Kier molecular flexibility index (Phi) is 3.73. The third-order valence-electron chi connectivity index (χ3n) is 1.64. The lowest BCUT2D eigenvalue weighted by Crippen LogP contribution is -1.90. The van der Waals surface area contributed by atoms with Gasteiger partial charge in [-0.05, 0) is 24.6 Å². The summed E-state index contributed by atoms with van der Waals surface area (Å²) in [4.78, 5) is 10.2. The van der Waals surface area contributed by atoms with Crippen molar-refractivity contribution >= 4 is 21.9 Å². The molecule has 0 saturated carbocycles. The van der Waals surface area contributed by atoms with Crippen molar-refractivity contribution in [1.82, 2.24) is 0 Å². The summed E-state index contributed by atoms with van der Waals surface area (Å²) >= 11 is 3.38. The molecule has 1 aromatic rings. The standard InChI is InChI=1S/C11H9BrO2/c1-8-5-6-9(7-10(8)12)3-2-4-11(13)14/h5-7H,4H2,1H3,(H,13,14). The minimum atomic E-state index is -0.899. The van der Waals surface area contributed by atoms with Gasteiger partial charge in [-0.1, -0.05) is 33.8 Å². The van der Waals surface area contributed by atoms with Gasteiger partial charge < -0.3 is 5.11 Å². The van der Waals surface area contributed by atoms with Gasteiger partial charge in [-0.2, -0.15) is 0 Å².